The largest absolute Gasteiger partial charge is 0.416 e. The SMILES string of the molecule is Nc1ccc(C(CNC(=O)c2cc(C(F)(F)F)cc(C(F)(F)F)c2)NC(=O)NC2CCN(Cc3ccccc3)C2)cc1Cl. The summed E-state index contributed by atoms with van der Waals surface area (Å²) in [6.07, 6.45) is -9.54. The molecule has 230 valence electrons. The van der Waals surface area contributed by atoms with Gasteiger partial charge in [-0.15, -0.1) is 0 Å². The van der Waals surface area contributed by atoms with E-state index in [1.165, 1.54) is 18.2 Å². The zero-order valence-electron chi connectivity index (χ0n) is 22.5. The minimum Gasteiger partial charge on any atom is -0.398 e. The van der Waals surface area contributed by atoms with Gasteiger partial charge in [0.25, 0.3) is 5.91 Å². The number of halogens is 7. The third kappa shape index (κ3) is 8.77. The number of carbonyl (C=O) groups is 2. The lowest BCUT2D eigenvalue weighted by Gasteiger charge is -2.23. The van der Waals surface area contributed by atoms with Gasteiger partial charge in [-0.25, -0.2) is 4.79 Å². The molecular weight excluding hydrogens is 600 g/mol. The van der Waals surface area contributed by atoms with E-state index >= 15 is 0 Å². The Balaban J connectivity index is 1.46. The molecule has 0 saturated carbocycles. The van der Waals surface area contributed by atoms with Gasteiger partial charge in [-0.1, -0.05) is 48.0 Å². The highest BCUT2D eigenvalue weighted by molar-refractivity contribution is 6.33. The van der Waals surface area contributed by atoms with Crippen LogP contribution in [0.5, 0.6) is 0 Å². The topological polar surface area (TPSA) is 99.5 Å². The van der Waals surface area contributed by atoms with Crippen molar-refractivity contribution in [1.29, 1.82) is 0 Å². The highest BCUT2D eigenvalue weighted by Crippen LogP contribution is 2.36. The molecule has 1 fully saturated rings. The van der Waals surface area contributed by atoms with Crippen LogP contribution in [-0.2, 0) is 18.9 Å². The Bertz CT molecular complexity index is 1420. The molecule has 4 rings (SSSR count). The summed E-state index contributed by atoms with van der Waals surface area (Å²) in [7, 11) is 0. The molecule has 3 aromatic rings. The molecule has 1 aliphatic rings. The Hall–Kier alpha value is -3.97. The Labute approximate surface area is 248 Å². The predicted molar refractivity (Wildman–Crippen MR) is 149 cm³/mol. The quantitative estimate of drug-likeness (QED) is 0.182. The normalized spacial score (nSPS) is 16.5. The standard InChI is InChI=1S/C29H28ClF6N5O2/c30-23-12-18(6-7-24(23)37)25(40-27(43)39-22-8-9-41(16-22)15-17-4-2-1-3-5-17)14-38-26(42)19-10-20(28(31,32)33)13-21(11-19)29(34,35)36/h1-7,10-13,22,25H,8-9,14-16,37H2,(H,38,42)(H2,39,40,43). The van der Waals surface area contributed by atoms with E-state index in [-0.39, 0.29) is 29.4 Å². The smallest absolute Gasteiger partial charge is 0.398 e. The van der Waals surface area contributed by atoms with Gasteiger partial charge in [-0.05, 0) is 47.9 Å². The fourth-order valence-corrected chi connectivity index (χ4v) is 4.91. The van der Waals surface area contributed by atoms with E-state index in [1.807, 2.05) is 30.3 Å². The van der Waals surface area contributed by atoms with Gasteiger partial charge in [0.2, 0.25) is 0 Å². The van der Waals surface area contributed by atoms with Crippen LogP contribution in [0.15, 0.2) is 66.7 Å². The third-order valence-electron chi connectivity index (χ3n) is 6.91. The van der Waals surface area contributed by atoms with Crippen molar-refractivity contribution in [3.8, 4) is 0 Å². The highest BCUT2D eigenvalue weighted by Gasteiger charge is 2.37. The maximum atomic E-state index is 13.3. The van der Waals surface area contributed by atoms with Crippen molar-refractivity contribution in [3.63, 3.8) is 0 Å². The van der Waals surface area contributed by atoms with Gasteiger partial charge in [0.1, 0.15) is 0 Å². The van der Waals surface area contributed by atoms with Gasteiger partial charge in [-0.3, -0.25) is 9.69 Å². The average molecular weight is 628 g/mol. The molecule has 3 amide bonds. The lowest BCUT2D eigenvalue weighted by atomic mass is 10.0. The molecule has 1 heterocycles. The second-order valence-electron chi connectivity index (χ2n) is 10.2. The van der Waals surface area contributed by atoms with Gasteiger partial charge < -0.3 is 21.7 Å². The number of hydrogen-bond acceptors (Lipinski definition) is 4. The fourth-order valence-electron chi connectivity index (χ4n) is 4.72. The number of carbonyl (C=O) groups excluding carboxylic acids is 2. The van der Waals surface area contributed by atoms with Crippen molar-refractivity contribution in [2.24, 2.45) is 0 Å². The minimum absolute atomic E-state index is 0.0636. The Morgan fingerprint density at radius 2 is 1.60 bits per heavy atom. The first kappa shape index (κ1) is 32.0. The number of nitrogens with one attached hydrogen (secondary N) is 3. The third-order valence-corrected chi connectivity index (χ3v) is 7.23. The number of alkyl halides is 6. The van der Waals surface area contributed by atoms with Gasteiger partial charge >= 0.3 is 18.4 Å². The molecule has 14 heteroatoms. The van der Waals surface area contributed by atoms with Crippen molar-refractivity contribution in [2.75, 3.05) is 25.4 Å². The van der Waals surface area contributed by atoms with Crippen LogP contribution < -0.4 is 21.7 Å². The van der Waals surface area contributed by atoms with Crippen molar-refractivity contribution >= 4 is 29.2 Å². The second-order valence-corrected chi connectivity index (χ2v) is 10.6. The number of likely N-dealkylation sites (tertiary alicyclic amines) is 1. The van der Waals surface area contributed by atoms with Crippen LogP contribution in [-0.4, -0.2) is 42.5 Å². The van der Waals surface area contributed by atoms with E-state index in [1.54, 1.807) is 0 Å². The van der Waals surface area contributed by atoms with Crippen LogP contribution in [0.25, 0.3) is 0 Å². The first-order valence-electron chi connectivity index (χ1n) is 13.1. The zero-order chi connectivity index (χ0) is 31.4. The summed E-state index contributed by atoms with van der Waals surface area (Å²) in [6, 6.07) is 13.1. The summed E-state index contributed by atoms with van der Waals surface area (Å²) in [5.41, 5.74) is 3.46. The van der Waals surface area contributed by atoms with E-state index in [0.717, 1.165) is 12.1 Å². The number of nitrogen functional groups attached to an aromatic ring is 1. The molecule has 2 unspecified atom stereocenters. The predicted octanol–water partition coefficient (Wildman–Crippen LogP) is 6.00. The molecule has 2 atom stereocenters. The van der Waals surface area contributed by atoms with Gasteiger partial charge in [0, 0.05) is 37.8 Å². The molecule has 7 nitrogen and oxygen atoms in total. The number of amides is 3. The van der Waals surface area contributed by atoms with E-state index in [4.69, 9.17) is 17.3 Å². The van der Waals surface area contributed by atoms with E-state index in [2.05, 4.69) is 20.9 Å². The molecule has 5 N–H and O–H groups in total. The van der Waals surface area contributed by atoms with E-state index in [9.17, 15) is 35.9 Å². The van der Waals surface area contributed by atoms with Crippen LogP contribution in [0.2, 0.25) is 5.02 Å². The maximum Gasteiger partial charge on any atom is 0.416 e. The molecule has 3 aromatic carbocycles. The van der Waals surface area contributed by atoms with Crippen molar-refractivity contribution in [1.82, 2.24) is 20.9 Å². The number of benzene rings is 3. The Kier molecular flexibility index (Phi) is 9.75. The number of urea groups is 1. The average Bonchev–Trinajstić information content (AvgIpc) is 3.37. The Morgan fingerprint density at radius 1 is 0.953 bits per heavy atom. The molecule has 0 radical (unpaired) electrons. The van der Waals surface area contributed by atoms with Crippen LogP contribution in [0.1, 0.15) is 45.1 Å². The van der Waals surface area contributed by atoms with Crippen molar-refractivity contribution < 1.29 is 35.9 Å². The fraction of sp³-hybridized carbons (Fsp3) is 0.310. The van der Waals surface area contributed by atoms with Crippen molar-refractivity contribution in [2.45, 2.75) is 37.4 Å². The maximum absolute atomic E-state index is 13.3. The lowest BCUT2D eigenvalue weighted by Crippen LogP contribution is -2.47. The molecule has 0 aliphatic carbocycles. The molecule has 1 aliphatic heterocycles. The van der Waals surface area contributed by atoms with Crippen LogP contribution in [0, 0.1) is 0 Å². The van der Waals surface area contributed by atoms with Gasteiger partial charge in [0.05, 0.1) is 27.9 Å². The number of rotatable bonds is 8. The van der Waals surface area contributed by atoms with Crippen LogP contribution in [0.3, 0.4) is 0 Å². The zero-order valence-corrected chi connectivity index (χ0v) is 23.3. The van der Waals surface area contributed by atoms with E-state index in [0.29, 0.717) is 37.2 Å². The number of anilines is 1. The highest BCUT2D eigenvalue weighted by atomic mass is 35.5. The molecule has 0 aromatic heterocycles. The Morgan fingerprint density at radius 3 is 2.21 bits per heavy atom. The number of nitrogens with two attached hydrogens (primary N) is 1. The summed E-state index contributed by atoms with van der Waals surface area (Å²) >= 11 is 6.13. The second kappa shape index (κ2) is 13.1. The van der Waals surface area contributed by atoms with Gasteiger partial charge in [-0.2, -0.15) is 26.3 Å². The molecule has 43 heavy (non-hydrogen) atoms. The monoisotopic (exact) mass is 627 g/mol. The summed E-state index contributed by atoms with van der Waals surface area (Å²) in [5.74, 6) is -1.20. The van der Waals surface area contributed by atoms with Crippen LogP contribution in [0.4, 0.5) is 36.8 Å². The summed E-state index contributed by atoms with van der Waals surface area (Å²) < 4.78 is 79.6. The lowest BCUT2D eigenvalue weighted by molar-refractivity contribution is -0.143. The molecule has 0 spiro atoms. The summed E-state index contributed by atoms with van der Waals surface area (Å²) in [6.45, 7) is 1.68. The van der Waals surface area contributed by atoms with Gasteiger partial charge in [0.15, 0.2) is 0 Å². The molecular formula is C29H28ClF6N5O2. The summed E-state index contributed by atoms with van der Waals surface area (Å²) in [5, 5.41) is 8.06. The molecule has 0 bridgehead atoms. The molecule has 1 saturated heterocycles. The van der Waals surface area contributed by atoms with E-state index < -0.39 is 47.0 Å². The van der Waals surface area contributed by atoms with Crippen molar-refractivity contribution in [3.05, 3.63) is 99.6 Å². The first-order chi connectivity index (χ1) is 20.2. The first-order valence-corrected chi connectivity index (χ1v) is 13.5. The van der Waals surface area contributed by atoms with Crippen LogP contribution >= 0.6 is 11.6 Å². The minimum atomic E-state index is -5.11. The number of nitrogens with zero attached hydrogens (tertiary/aromatic N) is 1. The summed E-state index contributed by atoms with van der Waals surface area (Å²) in [4.78, 5) is 27.9. The number of hydrogen-bond donors (Lipinski definition) is 4.